The van der Waals surface area contributed by atoms with Crippen molar-refractivity contribution in [2.24, 2.45) is 0 Å². The fourth-order valence-corrected chi connectivity index (χ4v) is 6.83. The molecule has 1 aliphatic heterocycles. The molecule has 0 saturated carbocycles. The summed E-state index contributed by atoms with van der Waals surface area (Å²) in [4.78, 5) is 15.0. The number of rotatable bonds is 12. The van der Waals surface area contributed by atoms with Gasteiger partial charge in [-0.15, -0.1) is 0 Å². The Balaban J connectivity index is 2.06. The lowest BCUT2D eigenvalue weighted by Gasteiger charge is -2.40. The van der Waals surface area contributed by atoms with Crippen LogP contribution in [0.15, 0.2) is 54.6 Å². The molecule has 0 unspecified atom stereocenters. The fourth-order valence-electron chi connectivity index (χ4n) is 3.98. The average Bonchev–Trinajstić information content (AvgIpc) is 3.11. The number of aliphatic hydroxyl groups is 1. The van der Waals surface area contributed by atoms with Crippen molar-refractivity contribution >= 4 is 42.5 Å². The highest BCUT2D eigenvalue weighted by atomic mass is 32.2. The molecule has 1 aliphatic rings. The summed E-state index contributed by atoms with van der Waals surface area (Å²) < 4.78 is 7.31. The van der Waals surface area contributed by atoms with Crippen LogP contribution in [0.25, 0.3) is 0 Å². The molecule has 1 fully saturated rings. The normalized spacial score (nSPS) is 19.1. The van der Waals surface area contributed by atoms with E-state index in [1.165, 1.54) is 11.1 Å². The highest BCUT2D eigenvalue weighted by molar-refractivity contribution is 8.23. The first kappa shape index (κ1) is 30.0. The van der Waals surface area contributed by atoms with Crippen molar-refractivity contribution in [3.63, 3.8) is 0 Å². The van der Waals surface area contributed by atoms with E-state index in [4.69, 9.17) is 16.6 Å². The highest BCUT2D eigenvalue weighted by Gasteiger charge is 2.40. The van der Waals surface area contributed by atoms with Crippen molar-refractivity contribution in [2.75, 3.05) is 5.75 Å². The number of carbonyl (C=O) groups excluding carboxylic acids is 1. The predicted molar refractivity (Wildman–Crippen MR) is 156 cm³/mol. The molecule has 1 amide bonds. The minimum Gasteiger partial charge on any atom is -0.414 e. The van der Waals surface area contributed by atoms with Crippen molar-refractivity contribution in [3.05, 3.63) is 60.2 Å². The molecule has 7 heteroatoms. The maximum Gasteiger partial charge on any atom is 0.230 e. The van der Waals surface area contributed by atoms with Gasteiger partial charge in [-0.1, -0.05) is 99.4 Å². The second-order valence-corrected chi connectivity index (χ2v) is 17.5. The fraction of sp³-hybridized carbons (Fsp3) is 0.571. The number of carbonyl (C=O) groups is 1. The molecular formula is C28H43NO3S2Si. The highest BCUT2D eigenvalue weighted by Crippen LogP contribution is 2.38. The lowest BCUT2D eigenvalue weighted by molar-refractivity contribution is -0.130. The largest absolute Gasteiger partial charge is 0.414 e. The van der Waals surface area contributed by atoms with Crippen LogP contribution in [0.3, 0.4) is 0 Å². The van der Waals surface area contributed by atoms with E-state index < -0.39 is 14.4 Å². The SMILES string of the molecule is C=C/C=C(\C)CC[C@H](C[C@@H](O)CC(=O)N1C(=S)SC[C@@H]1Cc1ccccc1)O[Si](C)(C)C(C)(C)C. The summed E-state index contributed by atoms with van der Waals surface area (Å²) in [6.45, 7) is 17.0. The first-order valence-electron chi connectivity index (χ1n) is 12.5. The Kier molecular flexibility index (Phi) is 11.4. The van der Waals surface area contributed by atoms with E-state index in [0.29, 0.717) is 10.7 Å². The lowest BCUT2D eigenvalue weighted by Crippen LogP contribution is -2.45. The average molecular weight is 534 g/mol. The van der Waals surface area contributed by atoms with E-state index in [2.05, 4.69) is 59.5 Å². The van der Waals surface area contributed by atoms with Crippen LogP contribution in [-0.4, -0.2) is 52.6 Å². The second kappa shape index (κ2) is 13.3. The van der Waals surface area contributed by atoms with Crippen LogP contribution in [0.1, 0.15) is 58.9 Å². The summed E-state index contributed by atoms with van der Waals surface area (Å²) in [6.07, 6.45) is 5.89. The standard InChI is InChI=1S/C28H43NO3S2Si/c1-8-12-21(2)15-16-25(32-35(6,7)28(3,4)5)18-24(30)19-26(31)29-23(20-34-27(29)33)17-22-13-10-9-11-14-22/h8-14,23-25,30H,1,15-20H2,2-7H3/b21-12+/t23-,24+,25+/m0/s1. The zero-order valence-corrected chi connectivity index (χ0v) is 24.9. The van der Waals surface area contributed by atoms with Crippen LogP contribution in [0.2, 0.25) is 18.1 Å². The van der Waals surface area contributed by atoms with Gasteiger partial charge in [0, 0.05) is 11.9 Å². The first-order valence-corrected chi connectivity index (χ1v) is 16.8. The maximum atomic E-state index is 13.3. The van der Waals surface area contributed by atoms with Gasteiger partial charge in [-0.2, -0.15) is 0 Å². The van der Waals surface area contributed by atoms with Crippen LogP contribution >= 0.6 is 24.0 Å². The molecule has 0 aliphatic carbocycles. The molecule has 4 nitrogen and oxygen atoms in total. The van der Waals surface area contributed by atoms with Crippen molar-refractivity contribution in [2.45, 2.75) is 96.2 Å². The molecule has 2 rings (SSSR count). The molecular weight excluding hydrogens is 491 g/mol. The topological polar surface area (TPSA) is 49.8 Å². The number of hydrogen-bond acceptors (Lipinski definition) is 5. The summed E-state index contributed by atoms with van der Waals surface area (Å²) in [7, 11) is -2.03. The molecule has 0 aromatic heterocycles. The molecule has 1 heterocycles. The van der Waals surface area contributed by atoms with Gasteiger partial charge in [0.05, 0.1) is 18.6 Å². The second-order valence-electron chi connectivity index (χ2n) is 11.1. The van der Waals surface area contributed by atoms with Gasteiger partial charge >= 0.3 is 0 Å². The third-order valence-corrected chi connectivity index (χ3v) is 13.1. The minimum atomic E-state index is -2.03. The molecule has 1 saturated heterocycles. The number of thioether (sulfide) groups is 1. The zero-order chi connectivity index (χ0) is 26.2. The zero-order valence-electron chi connectivity index (χ0n) is 22.3. The van der Waals surface area contributed by atoms with Crippen molar-refractivity contribution in [1.82, 2.24) is 4.90 Å². The van der Waals surface area contributed by atoms with E-state index in [1.807, 2.05) is 24.3 Å². The van der Waals surface area contributed by atoms with Gasteiger partial charge in [-0.3, -0.25) is 9.69 Å². The van der Waals surface area contributed by atoms with E-state index >= 15 is 0 Å². The lowest BCUT2D eigenvalue weighted by atomic mass is 10.0. The third-order valence-electron chi connectivity index (χ3n) is 7.02. The number of benzene rings is 1. The van der Waals surface area contributed by atoms with Crippen LogP contribution in [0.4, 0.5) is 0 Å². The van der Waals surface area contributed by atoms with Crippen molar-refractivity contribution in [1.29, 1.82) is 0 Å². The number of hydrogen-bond donors (Lipinski definition) is 1. The Morgan fingerprint density at radius 3 is 2.60 bits per heavy atom. The summed E-state index contributed by atoms with van der Waals surface area (Å²) in [5.41, 5.74) is 2.42. The van der Waals surface area contributed by atoms with E-state index in [1.54, 1.807) is 22.7 Å². The molecule has 194 valence electrons. The van der Waals surface area contributed by atoms with Gasteiger partial charge in [0.2, 0.25) is 5.91 Å². The van der Waals surface area contributed by atoms with Crippen LogP contribution in [0.5, 0.6) is 0 Å². The Hall–Kier alpha value is -1.25. The van der Waals surface area contributed by atoms with E-state index in [0.717, 1.165) is 25.0 Å². The quantitative estimate of drug-likeness (QED) is 0.180. The summed E-state index contributed by atoms with van der Waals surface area (Å²) in [5.74, 6) is 0.698. The van der Waals surface area contributed by atoms with Gasteiger partial charge < -0.3 is 9.53 Å². The first-order chi connectivity index (χ1) is 16.3. The van der Waals surface area contributed by atoms with Crippen LogP contribution in [-0.2, 0) is 15.6 Å². The molecule has 0 spiro atoms. The van der Waals surface area contributed by atoms with Gasteiger partial charge in [0.1, 0.15) is 4.32 Å². The van der Waals surface area contributed by atoms with E-state index in [9.17, 15) is 9.90 Å². The number of aliphatic hydroxyl groups excluding tert-OH is 1. The maximum absolute atomic E-state index is 13.3. The summed E-state index contributed by atoms with van der Waals surface area (Å²) in [6, 6.07) is 10.2. The molecule has 0 radical (unpaired) electrons. The van der Waals surface area contributed by atoms with Gasteiger partial charge in [-0.25, -0.2) is 0 Å². The number of thiocarbonyl (C=S) groups is 1. The predicted octanol–water partition coefficient (Wildman–Crippen LogP) is 6.90. The molecule has 1 aromatic rings. The molecule has 0 bridgehead atoms. The van der Waals surface area contributed by atoms with Gasteiger partial charge in [0.25, 0.3) is 0 Å². The molecule has 1 aromatic carbocycles. The summed E-state index contributed by atoms with van der Waals surface area (Å²) in [5, 5.41) is 11.1. The Labute approximate surface area is 223 Å². The Bertz CT molecular complexity index is 895. The Morgan fingerprint density at radius 1 is 1.34 bits per heavy atom. The number of allylic oxidation sites excluding steroid dienone is 3. The Morgan fingerprint density at radius 2 is 2.00 bits per heavy atom. The van der Waals surface area contributed by atoms with Crippen LogP contribution in [0, 0.1) is 0 Å². The van der Waals surface area contributed by atoms with E-state index in [-0.39, 0.29) is 29.5 Å². The van der Waals surface area contributed by atoms with Crippen molar-refractivity contribution in [3.8, 4) is 0 Å². The van der Waals surface area contributed by atoms with Gasteiger partial charge in [-0.05, 0) is 56.3 Å². The molecule has 35 heavy (non-hydrogen) atoms. The molecule has 3 atom stereocenters. The smallest absolute Gasteiger partial charge is 0.230 e. The van der Waals surface area contributed by atoms with Gasteiger partial charge in [0.15, 0.2) is 8.32 Å². The third kappa shape index (κ3) is 9.28. The monoisotopic (exact) mass is 533 g/mol. The number of amides is 1. The number of nitrogens with zero attached hydrogens (tertiary/aromatic N) is 1. The molecule has 1 N–H and O–H groups in total. The van der Waals surface area contributed by atoms with Crippen LogP contribution < -0.4 is 0 Å². The summed E-state index contributed by atoms with van der Waals surface area (Å²) >= 11 is 7.06. The minimum absolute atomic E-state index is 0.0283. The van der Waals surface area contributed by atoms with Crippen molar-refractivity contribution < 1.29 is 14.3 Å².